The highest BCUT2D eigenvalue weighted by Crippen LogP contribution is 2.35. The van der Waals surface area contributed by atoms with Gasteiger partial charge in [-0.25, -0.2) is 0 Å². The fourth-order valence-corrected chi connectivity index (χ4v) is 3.06. The summed E-state index contributed by atoms with van der Waals surface area (Å²) in [4.78, 5) is 0. The Labute approximate surface area is 93.5 Å². The molecule has 2 fully saturated rings. The van der Waals surface area contributed by atoms with Gasteiger partial charge in [-0.05, 0) is 50.4 Å². The van der Waals surface area contributed by atoms with Crippen molar-refractivity contribution in [2.45, 2.75) is 64.0 Å². The Balaban J connectivity index is 1.84. The smallest absolute Gasteiger partial charge is 0.0613 e. The van der Waals surface area contributed by atoms with E-state index in [0.717, 1.165) is 11.8 Å². The predicted octanol–water partition coefficient (Wildman–Crippen LogP) is 2.32. The number of hydrogen-bond donors (Lipinski definition) is 2. The van der Waals surface area contributed by atoms with Crippen LogP contribution in [0.1, 0.15) is 52.4 Å². The fraction of sp³-hybridized carbons (Fsp3) is 1.00. The summed E-state index contributed by atoms with van der Waals surface area (Å²) >= 11 is 0. The number of nitrogens with one attached hydrogen (secondary N) is 1. The maximum absolute atomic E-state index is 9.42. The highest BCUT2D eigenvalue weighted by atomic mass is 16.3. The second kappa shape index (κ2) is 4.42. The zero-order valence-corrected chi connectivity index (χ0v) is 10.1. The largest absolute Gasteiger partial charge is 0.394 e. The third-order valence-electron chi connectivity index (χ3n) is 4.72. The van der Waals surface area contributed by atoms with Gasteiger partial charge in [-0.15, -0.1) is 0 Å². The van der Waals surface area contributed by atoms with Gasteiger partial charge in [-0.3, -0.25) is 0 Å². The summed E-state index contributed by atoms with van der Waals surface area (Å²) in [6.07, 6.45) is 7.57. The second-order valence-electron chi connectivity index (χ2n) is 5.90. The van der Waals surface area contributed by atoms with Crippen LogP contribution in [0, 0.1) is 11.8 Å². The summed E-state index contributed by atoms with van der Waals surface area (Å²) in [5.74, 6) is 1.72. The molecule has 0 saturated heterocycles. The Morgan fingerprint density at radius 1 is 1.20 bits per heavy atom. The third kappa shape index (κ3) is 2.36. The van der Waals surface area contributed by atoms with Crippen LogP contribution in [0.15, 0.2) is 0 Å². The normalized spacial score (nSPS) is 39.8. The SMILES string of the molecule is CC1CCC(NC2(CO)CCC2)CC1C. The molecule has 2 aliphatic rings. The minimum Gasteiger partial charge on any atom is -0.394 e. The maximum Gasteiger partial charge on any atom is 0.0613 e. The molecule has 2 nitrogen and oxygen atoms in total. The lowest BCUT2D eigenvalue weighted by Crippen LogP contribution is -2.58. The predicted molar refractivity (Wildman–Crippen MR) is 62.8 cm³/mol. The quantitative estimate of drug-likeness (QED) is 0.751. The molecule has 0 aromatic carbocycles. The summed E-state index contributed by atoms with van der Waals surface area (Å²) in [6.45, 7) is 5.06. The molecule has 2 rings (SSSR count). The lowest BCUT2D eigenvalue weighted by atomic mass is 9.74. The summed E-state index contributed by atoms with van der Waals surface area (Å²) < 4.78 is 0. The van der Waals surface area contributed by atoms with Gasteiger partial charge in [0.1, 0.15) is 0 Å². The summed E-state index contributed by atoms with van der Waals surface area (Å²) in [7, 11) is 0. The van der Waals surface area contributed by atoms with Crippen LogP contribution < -0.4 is 5.32 Å². The van der Waals surface area contributed by atoms with Crippen LogP contribution in [0.25, 0.3) is 0 Å². The van der Waals surface area contributed by atoms with Gasteiger partial charge in [-0.2, -0.15) is 0 Å². The van der Waals surface area contributed by atoms with E-state index in [0.29, 0.717) is 12.6 Å². The van der Waals surface area contributed by atoms with Crippen LogP contribution >= 0.6 is 0 Å². The van der Waals surface area contributed by atoms with E-state index in [2.05, 4.69) is 19.2 Å². The van der Waals surface area contributed by atoms with Crippen molar-refractivity contribution in [1.29, 1.82) is 0 Å². The van der Waals surface area contributed by atoms with Crippen LogP contribution in [0.5, 0.6) is 0 Å². The molecule has 2 N–H and O–H groups in total. The minimum absolute atomic E-state index is 0.102. The first-order valence-corrected chi connectivity index (χ1v) is 6.54. The molecule has 2 aliphatic carbocycles. The van der Waals surface area contributed by atoms with Crippen LogP contribution in [0.2, 0.25) is 0 Å². The van der Waals surface area contributed by atoms with Crippen molar-refractivity contribution in [3.63, 3.8) is 0 Å². The van der Waals surface area contributed by atoms with E-state index >= 15 is 0 Å². The van der Waals surface area contributed by atoms with E-state index in [1.807, 2.05) is 0 Å². The van der Waals surface area contributed by atoms with E-state index in [1.165, 1.54) is 38.5 Å². The molecule has 0 spiro atoms. The molecule has 0 heterocycles. The van der Waals surface area contributed by atoms with Gasteiger partial charge in [-0.1, -0.05) is 13.8 Å². The molecule has 2 saturated carbocycles. The molecule has 3 atom stereocenters. The van der Waals surface area contributed by atoms with Gasteiger partial charge in [0.2, 0.25) is 0 Å². The number of aliphatic hydroxyl groups is 1. The average molecular weight is 211 g/mol. The molecule has 0 aromatic rings. The summed E-state index contributed by atoms with van der Waals surface area (Å²) in [5, 5.41) is 13.1. The first-order chi connectivity index (χ1) is 7.15. The Morgan fingerprint density at radius 2 is 1.93 bits per heavy atom. The molecular weight excluding hydrogens is 186 g/mol. The van der Waals surface area contributed by atoms with Gasteiger partial charge in [0.25, 0.3) is 0 Å². The van der Waals surface area contributed by atoms with Crippen molar-refractivity contribution in [3.8, 4) is 0 Å². The number of hydrogen-bond acceptors (Lipinski definition) is 2. The van der Waals surface area contributed by atoms with Crippen molar-refractivity contribution in [2.24, 2.45) is 11.8 Å². The molecule has 88 valence electrons. The zero-order chi connectivity index (χ0) is 10.9. The first kappa shape index (κ1) is 11.4. The van der Waals surface area contributed by atoms with Crippen LogP contribution in [-0.4, -0.2) is 23.3 Å². The Hall–Kier alpha value is -0.0800. The second-order valence-corrected chi connectivity index (χ2v) is 5.90. The van der Waals surface area contributed by atoms with Crippen molar-refractivity contribution in [3.05, 3.63) is 0 Å². The summed E-state index contributed by atoms with van der Waals surface area (Å²) in [5.41, 5.74) is 0.102. The zero-order valence-electron chi connectivity index (χ0n) is 10.1. The fourth-order valence-electron chi connectivity index (χ4n) is 3.06. The topological polar surface area (TPSA) is 32.3 Å². The highest BCUT2D eigenvalue weighted by molar-refractivity contribution is 4.98. The Kier molecular flexibility index (Phi) is 3.36. The molecule has 0 radical (unpaired) electrons. The number of rotatable bonds is 3. The van der Waals surface area contributed by atoms with E-state index in [9.17, 15) is 5.11 Å². The van der Waals surface area contributed by atoms with Crippen molar-refractivity contribution >= 4 is 0 Å². The van der Waals surface area contributed by atoms with E-state index in [1.54, 1.807) is 0 Å². The van der Waals surface area contributed by atoms with Gasteiger partial charge < -0.3 is 10.4 Å². The lowest BCUT2D eigenvalue weighted by Gasteiger charge is -2.46. The minimum atomic E-state index is 0.102. The molecule has 0 aromatic heterocycles. The van der Waals surface area contributed by atoms with Gasteiger partial charge in [0.05, 0.1) is 6.61 Å². The molecule has 0 amide bonds. The Bertz CT molecular complexity index is 207. The first-order valence-electron chi connectivity index (χ1n) is 6.54. The van der Waals surface area contributed by atoms with Crippen molar-refractivity contribution < 1.29 is 5.11 Å². The third-order valence-corrected chi connectivity index (χ3v) is 4.72. The summed E-state index contributed by atoms with van der Waals surface area (Å²) in [6, 6.07) is 0.656. The molecular formula is C13H25NO. The lowest BCUT2D eigenvalue weighted by molar-refractivity contribution is 0.0617. The van der Waals surface area contributed by atoms with Gasteiger partial charge >= 0.3 is 0 Å². The Morgan fingerprint density at radius 3 is 2.40 bits per heavy atom. The van der Waals surface area contributed by atoms with Gasteiger partial charge in [0, 0.05) is 11.6 Å². The monoisotopic (exact) mass is 211 g/mol. The molecule has 0 bridgehead atoms. The van der Waals surface area contributed by atoms with Crippen molar-refractivity contribution in [2.75, 3.05) is 6.61 Å². The molecule has 15 heavy (non-hydrogen) atoms. The van der Waals surface area contributed by atoms with E-state index in [-0.39, 0.29) is 5.54 Å². The van der Waals surface area contributed by atoms with Crippen LogP contribution in [0.4, 0.5) is 0 Å². The molecule has 0 aliphatic heterocycles. The molecule has 3 unspecified atom stereocenters. The van der Waals surface area contributed by atoms with E-state index in [4.69, 9.17) is 0 Å². The van der Waals surface area contributed by atoms with Crippen molar-refractivity contribution in [1.82, 2.24) is 5.32 Å². The average Bonchev–Trinajstić information content (AvgIpc) is 2.17. The standard InChI is InChI=1S/C13H25NO/c1-10-4-5-12(8-11(10)2)14-13(9-15)6-3-7-13/h10-12,14-15H,3-9H2,1-2H3. The molecule has 2 heteroatoms. The van der Waals surface area contributed by atoms with E-state index < -0.39 is 0 Å². The van der Waals surface area contributed by atoms with Crippen LogP contribution in [0.3, 0.4) is 0 Å². The maximum atomic E-state index is 9.42. The van der Waals surface area contributed by atoms with Gasteiger partial charge in [0.15, 0.2) is 0 Å². The number of aliphatic hydroxyl groups excluding tert-OH is 1. The highest BCUT2D eigenvalue weighted by Gasteiger charge is 2.39. The van der Waals surface area contributed by atoms with Crippen LogP contribution in [-0.2, 0) is 0 Å².